The Bertz CT molecular complexity index is 1100. The van der Waals surface area contributed by atoms with Gasteiger partial charge in [-0.15, -0.1) is 10.2 Å². The summed E-state index contributed by atoms with van der Waals surface area (Å²) >= 11 is 7.20. The van der Waals surface area contributed by atoms with E-state index in [4.69, 9.17) is 11.6 Å². The molecule has 3 rings (SSSR count). The molecule has 0 radical (unpaired) electrons. The highest BCUT2D eigenvalue weighted by Gasteiger charge is 2.20. The maximum Gasteiger partial charge on any atom is 0.251 e. The highest BCUT2D eigenvalue weighted by Crippen LogP contribution is 2.22. The molecule has 1 unspecified atom stereocenters. The smallest absolute Gasteiger partial charge is 0.251 e. The van der Waals surface area contributed by atoms with Crippen LogP contribution in [0.25, 0.3) is 0 Å². The lowest BCUT2D eigenvalue weighted by molar-refractivity contribution is -0.113. The molecular weight excluding hydrogens is 458 g/mol. The van der Waals surface area contributed by atoms with E-state index in [-0.39, 0.29) is 23.6 Å². The number of nitrogens with one attached hydrogen (secondary N) is 2. The molecular formula is C24H28ClN5O2S. The van der Waals surface area contributed by atoms with Crippen molar-refractivity contribution in [2.24, 2.45) is 0 Å². The van der Waals surface area contributed by atoms with Crippen LogP contribution in [0.2, 0.25) is 5.02 Å². The third kappa shape index (κ3) is 6.58. The first-order valence-corrected chi connectivity index (χ1v) is 12.2. The Labute approximate surface area is 203 Å². The van der Waals surface area contributed by atoms with E-state index in [1.54, 1.807) is 24.3 Å². The fourth-order valence-corrected chi connectivity index (χ4v) is 4.18. The topological polar surface area (TPSA) is 88.9 Å². The maximum atomic E-state index is 12.5. The molecule has 2 N–H and O–H groups in total. The highest BCUT2D eigenvalue weighted by molar-refractivity contribution is 7.99. The summed E-state index contributed by atoms with van der Waals surface area (Å²) in [5, 5.41) is 15.5. The van der Waals surface area contributed by atoms with Crippen molar-refractivity contribution in [2.75, 3.05) is 11.1 Å². The summed E-state index contributed by atoms with van der Waals surface area (Å²) in [5.41, 5.74) is 2.51. The lowest BCUT2D eigenvalue weighted by Gasteiger charge is -2.15. The zero-order valence-electron chi connectivity index (χ0n) is 19.1. The molecule has 0 spiro atoms. The van der Waals surface area contributed by atoms with E-state index in [1.807, 2.05) is 42.7 Å². The molecule has 0 aliphatic rings. The summed E-state index contributed by atoms with van der Waals surface area (Å²) in [4.78, 5) is 24.9. The number of thioether (sulfide) groups is 1. The van der Waals surface area contributed by atoms with Gasteiger partial charge in [0.1, 0.15) is 0 Å². The summed E-state index contributed by atoms with van der Waals surface area (Å²) in [5.74, 6) is 0.941. The average Bonchev–Trinajstić information content (AvgIpc) is 3.21. The number of hydrogen-bond donors (Lipinski definition) is 2. The first-order chi connectivity index (χ1) is 15.8. The number of rotatable bonds is 9. The van der Waals surface area contributed by atoms with Crippen LogP contribution in [0.15, 0.2) is 53.7 Å². The van der Waals surface area contributed by atoms with Gasteiger partial charge in [0.05, 0.1) is 11.8 Å². The predicted octanol–water partition coefficient (Wildman–Crippen LogP) is 5.30. The summed E-state index contributed by atoms with van der Waals surface area (Å²) in [6.45, 7) is 8.70. The van der Waals surface area contributed by atoms with E-state index in [1.165, 1.54) is 17.3 Å². The Morgan fingerprint density at radius 3 is 2.30 bits per heavy atom. The van der Waals surface area contributed by atoms with Crippen LogP contribution in [-0.2, 0) is 11.3 Å². The Kier molecular flexibility index (Phi) is 8.52. The molecule has 2 aromatic carbocycles. The average molecular weight is 486 g/mol. The Balaban J connectivity index is 1.59. The number of amides is 2. The van der Waals surface area contributed by atoms with Crippen LogP contribution in [0.1, 0.15) is 61.4 Å². The fourth-order valence-electron chi connectivity index (χ4n) is 3.25. The third-order valence-corrected chi connectivity index (χ3v) is 6.32. The van der Waals surface area contributed by atoms with Crippen molar-refractivity contribution in [2.45, 2.75) is 51.4 Å². The molecule has 0 saturated carbocycles. The van der Waals surface area contributed by atoms with Crippen LogP contribution in [-0.4, -0.2) is 32.3 Å². The summed E-state index contributed by atoms with van der Waals surface area (Å²) in [6.07, 6.45) is 0. The van der Waals surface area contributed by atoms with Crippen LogP contribution in [0.4, 0.5) is 5.69 Å². The van der Waals surface area contributed by atoms with Gasteiger partial charge in [-0.25, -0.2) is 0 Å². The van der Waals surface area contributed by atoms with E-state index in [0.29, 0.717) is 34.0 Å². The minimum absolute atomic E-state index is 0.117. The van der Waals surface area contributed by atoms with Crippen molar-refractivity contribution in [3.8, 4) is 0 Å². The Hall–Kier alpha value is -2.84. The van der Waals surface area contributed by atoms with Gasteiger partial charge < -0.3 is 15.2 Å². The number of aromatic nitrogens is 3. The largest absolute Gasteiger partial charge is 0.342 e. The molecule has 0 aliphatic heterocycles. The molecule has 1 aromatic heterocycles. The third-order valence-electron chi connectivity index (χ3n) is 5.10. The molecule has 0 saturated heterocycles. The number of halogens is 1. The minimum atomic E-state index is -0.358. The Morgan fingerprint density at radius 1 is 1.03 bits per heavy atom. The van der Waals surface area contributed by atoms with E-state index in [0.717, 1.165) is 5.69 Å². The van der Waals surface area contributed by atoms with E-state index < -0.39 is 0 Å². The number of carbonyl (C=O) groups excluding carboxylic acids is 2. The molecule has 33 heavy (non-hydrogen) atoms. The minimum Gasteiger partial charge on any atom is -0.342 e. The van der Waals surface area contributed by atoms with Crippen LogP contribution < -0.4 is 10.6 Å². The van der Waals surface area contributed by atoms with Crippen molar-refractivity contribution in [3.63, 3.8) is 0 Å². The van der Waals surface area contributed by atoms with Crippen LogP contribution in [0.5, 0.6) is 0 Å². The number of hydrogen-bond acceptors (Lipinski definition) is 5. The molecule has 1 atom stereocenters. The number of anilines is 1. The SMILES string of the molecule is CCn1c(SCC(=O)Nc2ccc(C(C)C)cc2)nnc1C(C)NC(=O)c1ccc(Cl)cc1. The lowest BCUT2D eigenvalue weighted by atomic mass is 10.0. The van der Waals surface area contributed by atoms with Crippen molar-refractivity contribution in [3.05, 3.63) is 70.5 Å². The fraction of sp³-hybridized carbons (Fsp3) is 0.333. The van der Waals surface area contributed by atoms with Crippen LogP contribution in [0, 0.1) is 0 Å². The van der Waals surface area contributed by atoms with Gasteiger partial charge in [-0.05, 0) is 61.7 Å². The van der Waals surface area contributed by atoms with Gasteiger partial charge in [-0.3, -0.25) is 9.59 Å². The van der Waals surface area contributed by atoms with Crippen molar-refractivity contribution in [1.82, 2.24) is 20.1 Å². The first kappa shape index (κ1) is 24.8. The molecule has 2 amide bonds. The van der Waals surface area contributed by atoms with Gasteiger partial charge in [0, 0.05) is 22.8 Å². The summed E-state index contributed by atoms with van der Waals surface area (Å²) in [7, 11) is 0. The van der Waals surface area contributed by atoms with Gasteiger partial charge in [0.15, 0.2) is 11.0 Å². The molecule has 0 fully saturated rings. The lowest BCUT2D eigenvalue weighted by Crippen LogP contribution is -2.28. The van der Waals surface area contributed by atoms with Gasteiger partial charge in [0.2, 0.25) is 5.91 Å². The van der Waals surface area contributed by atoms with E-state index in [9.17, 15) is 9.59 Å². The molecule has 7 nitrogen and oxygen atoms in total. The van der Waals surface area contributed by atoms with Gasteiger partial charge >= 0.3 is 0 Å². The molecule has 9 heteroatoms. The highest BCUT2D eigenvalue weighted by atomic mass is 35.5. The number of carbonyl (C=O) groups is 2. The summed E-state index contributed by atoms with van der Waals surface area (Å²) in [6, 6.07) is 14.2. The monoisotopic (exact) mass is 485 g/mol. The normalized spacial score (nSPS) is 11.9. The number of benzene rings is 2. The van der Waals surface area contributed by atoms with E-state index in [2.05, 4.69) is 34.7 Å². The second kappa shape index (κ2) is 11.3. The molecule has 1 heterocycles. The first-order valence-electron chi connectivity index (χ1n) is 10.8. The van der Waals surface area contributed by atoms with Crippen LogP contribution >= 0.6 is 23.4 Å². The second-order valence-corrected chi connectivity index (χ2v) is 9.28. The zero-order chi connectivity index (χ0) is 24.0. The van der Waals surface area contributed by atoms with E-state index >= 15 is 0 Å². The molecule has 174 valence electrons. The molecule has 0 bridgehead atoms. The standard InChI is InChI=1S/C24H28ClN5O2S/c1-5-30-22(16(4)26-23(32)18-6-10-19(25)11-7-18)28-29-24(30)33-14-21(31)27-20-12-8-17(9-13-20)15(2)3/h6-13,15-16H,5,14H2,1-4H3,(H,26,32)(H,27,31). The Morgan fingerprint density at radius 2 is 1.70 bits per heavy atom. The quantitative estimate of drug-likeness (QED) is 0.401. The predicted molar refractivity (Wildman–Crippen MR) is 133 cm³/mol. The van der Waals surface area contributed by atoms with Gasteiger partial charge in [0.25, 0.3) is 5.91 Å². The van der Waals surface area contributed by atoms with Gasteiger partial charge in [-0.2, -0.15) is 0 Å². The molecule has 0 aliphatic carbocycles. The number of nitrogens with zero attached hydrogens (tertiary/aromatic N) is 3. The zero-order valence-corrected chi connectivity index (χ0v) is 20.7. The van der Waals surface area contributed by atoms with Crippen LogP contribution in [0.3, 0.4) is 0 Å². The van der Waals surface area contributed by atoms with Crippen molar-refractivity contribution in [1.29, 1.82) is 0 Å². The summed E-state index contributed by atoms with van der Waals surface area (Å²) < 4.78 is 1.90. The van der Waals surface area contributed by atoms with Crippen molar-refractivity contribution < 1.29 is 9.59 Å². The van der Waals surface area contributed by atoms with Gasteiger partial charge in [-0.1, -0.05) is 49.3 Å². The van der Waals surface area contributed by atoms with Crippen molar-refractivity contribution >= 4 is 40.9 Å². The second-order valence-electron chi connectivity index (χ2n) is 7.90. The maximum absolute atomic E-state index is 12.5. The molecule has 3 aromatic rings.